The van der Waals surface area contributed by atoms with Crippen LogP contribution in [0.5, 0.6) is 0 Å². The summed E-state index contributed by atoms with van der Waals surface area (Å²) < 4.78 is 91.8. The van der Waals surface area contributed by atoms with Gasteiger partial charge in [0.05, 0.1) is 0 Å². The molecule has 0 aromatic rings. The van der Waals surface area contributed by atoms with Crippen LogP contribution in [0.25, 0.3) is 0 Å². The minimum atomic E-state index is -6.26. The van der Waals surface area contributed by atoms with E-state index in [1.54, 1.807) is 0 Å². The zero-order valence-electron chi connectivity index (χ0n) is 6.43. The molecular formula is C6F8O. The van der Waals surface area contributed by atoms with Crippen LogP contribution in [0, 0.1) is 11.8 Å². The number of alkyl halides is 8. The molecule has 0 saturated carbocycles. The molecule has 86 valence electrons. The minimum Gasteiger partial charge on any atom is -0.278 e. The quantitative estimate of drug-likeness (QED) is 0.390. The van der Waals surface area contributed by atoms with E-state index in [1.807, 2.05) is 0 Å². The van der Waals surface area contributed by atoms with E-state index in [9.17, 15) is 39.9 Å². The number of ketones is 1. The fraction of sp³-hybridized carbons (Fsp3) is 0.500. The molecular weight excluding hydrogens is 240 g/mol. The fourth-order valence-corrected chi connectivity index (χ4v) is 0.335. The number of carbonyl (C=O) groups is 1. The Morgan fingerprint density at radius 2 is 1.27 bits per heavy atom. The Bertz CT molecular complexity index is 311. The Balaban J connectivity index is 4.95. The van der Waals surface area contributed by atoms with E-state index in [4.69, 9.17) is 0 Å². The Labute approximate surface area is 77.0 Å². The van der Waals surface area contributed by atoms with Gasteiger partial charge in [-0.05, 0) is 5.92 Å². The summed E-state index contributed by atoms with van der Waals surface area (Å²) in [7, 11) is 0. The van der Waals surface area contributed by atoms with E-state index < -0.39 is 24.1 Å². The van der Waals surface area contributed by atoms with E-state index in [2.05, 4.69) is 0 Å². The second kappa shape index (κ2) is 3.67. The lowest BCUT2D eigenvalue weighted by Crippen LogP contribution is -2.43. The van der Waals surface area contributed by atoms with Crippen molar-refractivity contribution in [3.63, 3.8) is 0 Å². The molecule has 0 amide bonds. The first-order chi connectivity index (χ1) is 6.38. The monoisotopic (exact) mass is 240 g/mol. The maximum Gasteiger partial charge on any atom is 0.462 e. The summed E-state index contributed by atoms with van der Waals surface area (Å²) in [5, 5.41) is 0. The summed E-state index contributed by atoms with van der Waals surface area (Å²) in [4.78, 5) is 10.0. The number of carbonyl (C=O) groups excluding carboxylic acids is 1. The summed E-state index contributed by atoms with van der Waals surface area (Å²) in [6.07, 6.45) is -11.6. The summed E-state index contributed by atoms with van der Waals surface area (Å²) >= 11 is 0. The highest BCUT2D eigenvalue weighted by molar-refractivity contribution is 6.01. The highest BCUT2D eigenvalue weighted by Crippen LogP contribution is 2.35. The van der Waals surface area contributed by atoms with Gasteiger partial charge in [-0.3, -0.25) is 4.79 Å². The van der Waals surface area contributed by atoms with Gasteiger partial charge in [0.2, 0.25) is 0 Å². The van der Waals surface area contributed by atoms with Crippen LogP contribution >= 0.6 is 0 Å². The van der Waals surface area contributed by atoms with Gasteiger partial charge in [0.25, 0.3) is 5.78 Å². The Kier molecular flexibility index (Phi) is 3.35. The molecule has 0 aromatic heterocycles. The third-order valence-electron chi connectivity index (χ3n) is 0.959. The molecule has 0 spiro atoms. The third-order valence-corrected chi connectivity index (χ3v) is 0.959. The van der Waals surface area contributed by atoms with Crippen molar-refractivity contribution in [2.45, 2.75) is 18.3 Å². The lowest BCUT2D eigenvalue weighted by Gasteiger charge is -2.14. The van der Waals surface area contributed by atoms with Gasteiger partial charge < -0.3 is 0 Å². The van der Waals surface area contributed by atoms with E-state index in [0.717, 1.165) is 0 Å². The smallest absolute Gasteiger partial charge is 0.278 e. The second-order valence-corrected chi connectivity index (χ2v) is 2.15. The standard InChI is InChI=1S/C6F8O/c7-4(8,9)2-1-3(15)5(10,11)6(12,13)14. The molecule has 0 heterocycles. The predicted octanol–water partition coefficient (Wildman–Crippen LogP) is 2.32. The third kappa shape index (κ3) is 3.73. The van der Waals surface area contributed by atoms with Crippen LogP contribution in [-0.4, -0.2) is 24.1 Å². The number of Topliss-reactive ketones (excluding diaryl/α,β-unsaturated/α-hetero) is 1. The van der Waals surface area contributed by atoms with Gasteiger partial charge in [0.15, 0.2) is 0 Å². The SMILES string of the molecule is O=C(C#CC(F)(F)F)C(F)(F)C(F)(F)F. The van der Waals surface area contributed by atoms with Crippen molar-refractivity contribution < 1.29 is 39.9 Å². The molecule has 0 aliphatic heterocycles. The Morgan fingerprint density at radius 1 is 0.867 bits per heavy atom. The zero-order chi connectivity index (χ0) is 12.5. The van der Waals surface area contributed by atoms with Crippen LogP contribution in [0.3, 0.4) is 0 Å². The molecule has 0 bridgehead atoms. The molecule has 0 aromatic carbocycles. The van der Waals surface area contributed by atoms with E-state index >= 15 is 0 Å². The number of halogens is 8. The van der Waals surface area contributed by atoms with Crippen LogP contribution in [0.4, 0.5) is 35.1 Å². The van der Waals surface area contributed by atoms with E-state index in [0.29, 0.717) is 0 Å². The van der Waals surface area contributed by atoms with Crippen molar-refractivity contribution in [3.8, 4) is 11.8 Å². The van der Waals surface area contributed by atoms with Crippen LogP contribution in [0.1, 0.15) is 0 Å². The number of rotatable bonds is 1. The highest BCUT2D eigenvalue weighted by atomic mass is 19.4. The van der Waals surface area contributed by atoms with Crippen molar-refractivity contribution in [1.82, 2.24) is 0 Å². The van der Waals surface area contributed by atoms with Crippen molar-refractivity contribution >= 4 is 5.78 Å². The first kappa shape index (κ1) is 13.7. The molecule has 0 unspecified atom stereocenters. The van der Waals surface area contributed by atoms with Gasteiger partial charge in [0, 0.05) is 5.92 Å². The van der Waals surface area contributed by atoms with Crippen molar-refractivity contribution in [3.05, 3.63) is 0 Å². The first-order valence-corrected chi connectivity index (χ1v) is 2.97. The minimum absolute atomic E-state index is 0.0203. The lowest BCUT2D eigenvalue weighted by molar-refractivity contribution is -0.266. The van der Waals surface area contributed by atoms with Gasteiger partial charge in [-0.25, -0.2) is 0 Å². The van der Waals surface area contributed by atoms with Gasteiger partial charge in [0.1, 0.15) is 0 Å². The van der Waals surface area contributed by atoms with Gasteiger partial charge in [-0.1, -0.05) is 0 Å². The topological polar surface area (TPSA) is 17.1 Å². The summed E-state index contributed by atoms with van der Waals surface area (Å²) in [5.41, 5.74) is 0. The van der Waals surface area contributed by atoms with Gasteiger partial charge in [-0.15, -0.1) is 0 Å². The average molecular weight is 240 g/mol. The molecule has 0 fully saturated rings. The summed E-state index contributed by atoms with van der Waals surface area (Å²) in [5.74, 6) is -8.84. The van der Waals surface area contributed by atoms with E-state index in [1.165, 1.54) is 0 Å². The fourth-order valence-electron chi connectivity index (χ4n) is 0.335. The number of hydrogen-bond donors (Lipinski definition) is 0. The van der Waals surface area contributed by atoms with E-state index in [-0.39, 0.29) is 11.8 Å². The number of hydrogen-bond acceptors (Lipinski definition) is 1. The molecule has 0 aliphatic rings. The maximum atomic E-state index is 12.0. The second-order valence-electron chi connectivity index (χ2n) is 2.15. The highest BCUT2D eigenvalue weighted by Gasteiger charge is 2.62. The largest absolute Gasteiger partial charge is 0.462 e. The van der Waals surface area contributed by atoms with Crippen LogP contribution in [0.15, 0.2) is 0 Å². The van der Waals surface area contributed by atoms with Crippen molar-refractivity contribution in [2.24, 2.45) is 0 Å². The molecule has 15 heavy (non-hydrogen) atoms. The summed E-state index contributed by atoms with van der Waals surface area (Å²) in [6, 6.07) is 0. The molecule has 0 aliphatic carbocycles. The average Bonchev–Trinajstić information content (AvgIpc) is 1.96. The molecule has 1 nitrogen and oxygen atoms in total. The molecule has 0 radical (unpaired) electrons. The first-order valence-electron chi connectivity index (χ1n) is 2.97. The van der Waals surface area contributed by atoms with Crippen LogP contribution in [-0.2, 0) is 4.79 Å². The molecule has 0 saturated heterocycles. The molecule has 0 atom stereocenters. The zero-order valence-corrected chi connectivity index (χ0v) is 6.43. The molecule has 0 rings (SSSR count). The summed E-state index contributed by atoms with van der Waals surface area (Å²) in [6.45, 7) is 0. The van der Waals surface area contributed by atoms with Crippen LogP contribution in [0.2, 0.25) is 0 Å². The molecule has 0 N–H and O–H groups in total. The Hall–Kier alpha value is -1.33. The maximum absolute atomic E-state index is 12.0. The van der Waals surface area contributed by atoms with Crippen LogP contribution < -0.4 is 0 Å². The molecule has 9 heteroatoms. The predicted molar refractivity (Wildman–Crippen MR) is 29.8 cm³/mol. The Morgan fingerprint density at radius 3 is 1.53 bits per heavy atom. The van der Waals surface area contributed by atoms with Gasteiger partial charge in [-0.2, -0.15) is 35.1 Å². The lowest BCUT2D eigenvalue weighted by atomic mass is 10.2. The van der Waals surface area contributed by atoms with Crippen molar-refractivity contribution in [1.29, 1.82) is 0 Å². The van der Waals surface area contributed by atoms with Gasteiger partial charge >= 0.3 is 18.3 Å². The normalized spacial score (nSPS) is 13.1. The van der Waals surface area contributed by atoms with Crippen molar-refractivity contribution in [2.75, 3.05) is 0 Å².